The molecule has 2 aromatic heterocycles. The van der Waals surface area contributed by atoms with Crippen molar-refractivity contribution in [3.05, 3.63) is 46.8 Å². The van der Waals surface area contributed by atoms with Gasteiger partial charge in [-0.2, -0.15) is 5.10 Å². The second-order valence-corrected chi connectivity index (χ2v) is 9.74. The molecule has 1 aliphatic rings. The molecule has 0 atom stereocenters. The third-order valence-electron chi connectivity index (χ3n) is 6.52. The van der Waals surface area contributed by atoms with Gasteiger partial charge in [-0.25, -0.2) is 9.78 Å². The van der Waals surface area contributed by atoms with E-state index in [0.29, 0.717) is 30.9 Å². The van der Waals surface area contributed by atoms with Crippen molar-refractivity contribution in [2.24, 2.45) is 5.92 Å². The fourth-order valence-electron chi connectivity index (χ4n) is 4.52. The largest absolute Gasteiger partial charge is 0.492 e. The van der Waals surface area contributed by atoms with Gasteiger partial charge < -0.3 is 19.3 Å². The highest BCUT2D eigenvalue weighted by Gasteiger charge is 2.24. The highest BCUT2D eigenvalue weighted by molar-refractivity contribution is 9.10. The predicted molar refractivity (Wildman–Crippen MR) is 136 cm³/mol. The number of methoxy groups -OCH3 is 1. The highest BCUT2D eigenvalue weighted by atomic mass is 79.9. The SMILES string of the molecule is COC(=O)c1ncccc1OCCCCCOc1cc2c(cnn2C2CCC(CO)CC2)cc1Br. The van der Waals surface area contributed by atoms with Gasteiger partial charge in [0.1, 0.15) is 5.75 Å². The minimum Gasteiger partial charge on any atom is -0.492 e. The van der Waals surface area contributed by atoms with Crippen molar-refractivity contribution in [3.63, 3.8) is 0 Å². The summed E-state index contributed by atoms with van der Waals surface area (Å²) in [6, 6.07) is 7.96. The zero-order chi connectivity index (χ0) is 24.6. The van der Waals surface area contributed by atoms with Gasteiger partial charge in [0.2, 0.25) is 0 Å². The van der Waals surface area contributed by atoms with E-state index in [1.807, 2.05) is 6.20 Å². The van der Waals surface area contributed by atoms with Crippen molar-refractivity contribution in [2.75, 3.05) is 26.9 Å². The Kier molecular flexibility index (Phi) is 8.98. The number of pyridine rings is 1. The number of benzene rings is 1. The first-order valence-corrected chi connectivity index (χ1v) is 13.0. The molecule has 0 radical (unpaired) electrons. The van der Waals surface area contributed by atoms with Gasteiger partial charge in [0.25, 0.3) is 0 Å². The third kappa shape index (κ3) is 6.32. The molecule has 4 rings (SSSR count). The second-order valence-electron chi connectivity index (χ2n) is 8.89. The minimum atomic E-state index is -0.504. The zero-order valence-electron chi connectivity index (χ0n) is 20.0. The van der Waals surface area contributed by atoms with Crippen molar-refractivity contribution in [2.45, 2.75) is 51.0 Å². The van der Waals surface area contributed by atoms with E-state index in [4.69, 9.17) is 14.2 Å². The molecular formula is C26H32BrN3O5. The molecule has 0 spiro atoms. The molecule has 0 unspecified atom stereocenters. The van der Waals surface area contributed by atoms with Crippen LogP contribution in [0.15, 0.2) is 41.1 Å². The van der Waals surface area contributed by atoms with E-state index in [1.165, 1.54) is 7.11 Å². The van der Waals surface area contributed by atoms with E-state index in [2.05, 4.69) is 42.8 Å². The number of aliphatic hydroxyl groups is 1. The summed E-state index contributed by atoms with van der Waals surface area (Å²) >= 11 is 3.63. The van der Waals surface area contributed by atoms with Gasteiger partial charge in [-0.3, -0.25) is 4.68 Å². The van der Waals surface area contributed by atoms with Crippen molar-refractivity contribution in [1.82, 2.24) is 14.8 Å². The number of nitrogens with zero attached hydrogens (tertiary/aromatic N) is 3. The van der Waals surface area contributed by atoms with Gasteiger partial charge >= 0.3 is 5.97 Å². The number of ether oxygens (including phenoxy) is 3. The van der Waals surface area contributed by atoms with Gasteiger partial charge in [0.05, 0.1) is 42.6 Å². The number of carbonyl (C=O) groups excluding carboxylic acids is 1. The monoisotopic (exact) mass is 545 g/mol. The van der Waals surface area contributed by atoms with Gasteiger partial charge in [0.15, 0.2) is 11.4 Å². The summed E-state index contributed by atoms with van der Waals surface area (Å²) in [6.07, 6.45) is 10.3. The number of carbonyl (C=O) groups is 1. The molecule has 2 heterocycles. The topological polar surface area (TPSA) is 95.7 Å². The Balaban J connectivity index is 1.25. The van der Waals surface area contributed by atoms with E-state index < -0.39 is 5.97 Å². The number of hydrogen-bond donors (Lipinski definition) is 1. The van der Waals surface area contributed by atoms with Crippen LogP contribution in [0.5, 0.6) is 11.5 Å². The number of aliphatic hydroxyl groups excluding tert-OH is 1. The lowest BCUT2D eigenvalue weighted by Crippen LogP contribution is -2.20. The van der Waals surface area contributed by atoms with Crippen LogP contribution < -0.4 is 9.47 Å². The summed E-state index contributed by atoms with van der Waals surface area (Å²) in [5, 5.41) is 15.2. The Morgan fingerprint density at radius 3 is 2.57 bits per heavy atom. The van der Waals surface area contributed by atoms with Gasteiger partial charge in [-0.1, -0.05) is 0 Å². The Morgan fingerprint density at radius 1 is 1.11 bits per heavy atom. The molecule has 3 aromatic rings. The lowest BCUT2D eigenvalue weighted by atomic mass is 9.86. The normalized spacial score (nSPS) is 17.9. The van der Waals surface area contributed by atoms with E-state index in [9.17, 15) is 9.90 Å². The summed E-state index contributed by atoms with van der Waals surface area (Å²) < 4.78 is 19.6. The Labute approximate surface area is 213 Å². The van der Waals surface area contributed by atoms with Crippen LogP contribution in [0, 0.1) is 5.92 Å². The van der Waals surface area contributed by atoms with Gasteiger partial charge in [-0.15, -0.1) is 0 Å². The van der Waals surface area contributed by atoms with Crippen LogP contribution in [-0.4, -0.2) is 52.8 Å². The third-order valence-corrected chi connectivity index (χ3v) is 7.14. The highest BCUT2D eigenvalue weighted by Crippen LogP contribution is 2.36. The number of halogens is 1. The van der Waals surface area contributed by atoms with Crippen LogP contribution in [-0.2, 0) is 4.74 Å². The quantitative estimate of drug-likeness (QED) is 0.257. The fraction of sp³-hybridized carbons (Fsp3) is 0.500. The van der Waals surface area contributed by atoms with Crippen molar-refractivity contribution in [3.8, 4) is 11.5 Å². The number of fused-ring (bicyclic) bond motifs is 1. The predicted octanol–water partition coefficient (Wildman–Crippen LogP) is 5.33. The molecule has 0 bridgehead atoms. The van der Waals surface area contributed by atoms with E-state index in [1.54, 1.807) is 18.3 Å². The van der Waals surface area contributed by atoms with Gasteiger partial charge in [0, 0.05) is 24.3 Å². The number of rotatable bonds is 11. The van der Waals surface area contributed by atoms with Crippen LogP contribution >= 0.6 is 15.9 Å². The molecule has 1 saturated carbocycles. The maximum Gasteiger partial charge on any atom is 0.360 e. The lowest BCUT2D eigenvalue weighted by molar-refractivity contribution is 0.0588. The molecule has 1 fully saturated rings. The molecule has 9 heteroatoms. The molecule has 188 valence electrons. The maximum absolute atomic E-state index is 11.8. The Hall–Kier alpha value is -2.65. The first-order chi connectivity index (χ1) is 17.1. The first-order valence-electron chi connectivity index (χ1n) is 12.2. The minimum absolute atomic E-state index is 0.194. The van der Waals surface area contributed by atoms with E-state index in [-0.39, 0.29) is 12.3 Å². The maximum atomic E-state index is 11.8. The van der Waals surface area contributed by atoms with E-state index in [0.717, 1.165) is 66.1 Å². The van der Waals surface area contributed by atoms with Crippen molar-refractivity contribution in [1.29, 1.82) is 0 Å². The summed E-state index contributed by atoms with van der Waals surface area (Å²) in [7, 11) is 1.33. The summed E-state index contributed by atoms with van der Waals surface area (Å²) in [6.45, 7) is 1.37. The number of aromatic nitrogens is 3. The second kappa shape index (κ2) is 12.4. The standard InChI is InChI=1S/C26H32BrN3O5/c1-33-26(32)25-23(6-5-11-28-25)34-12-3-2-4-13-35-24-15-22-19(14-21(24)27)16-29-30(22)20-9-7-18(17-31)8-10-20/h5-6,11,14-16,18,20,31H,2-4,7-10,12-13,17H2,1H3. The Morgan fingerprint density at radius 2 is 1.86 bits per heavy atom. The Bertz CT molecular complexity index is 1130. The van der Waals surface area contributed by atoms with E-state index >= 15 is 0 Å². The number of unbranched alkanes of at least 4 members (excludes halogenated alkanes) is 2. The van der Waals surface area contributed by atoms with Gasteiger partial charge in [-0.05, 0) is 85.0 Å². The fourth-order valence-corrected chi connectivity index (χ4v) is 5.00. The summed E-state index contributed by atoms with van der Waals surface area (Å²) in [5.74, 6) is 1.17. The number of hydrogen-bond acceptors (Lipinski definition) is 7. The van der Waals surface area contributed by atoms with Crippen LogP contribution in [0.3, 0.4) is 0 Å². The molecule has 1 N–H and O–H groups in total. The molecule has 0 saturated heterocycles. The molecule has 1 aliphatic carbocycles. The molecule has 35 heavy (non-hydrogen) atoms. The molecule has 0 amide bonds. The lowest BCUT2D eigenvalue weighted by Gasteiger charge is -2.28. The van der Waals surface area contributed by atoms with Crippen molar-refractivity contribution >= 4 is 32.8 Å². The van der Waals surface area contributed by atoms with Crippen molar-refractivity contribution < 1.29 is 24.1 Å². The average molecular weight is 546 g/mol. The molecular weight excluding hydrogens is 514 g/mol. The number of esters is 1. The zero-order valence-corrected chi connectivity index (χ0v) is 21.6. The molecule has 8 nitrogen and oxygen atoms in total. The first kappa shape index (κ1) is 25.4. The average Bonchev–Trinajstić information content (AvgIpc) is 3.30. The smallest absolute Gasteiger partial charge is 0.360 e. The van der Waals surface area contributed by atoms with Crippen LogP contribution in [0.25, 0.3) is 10.9 Å². The summed E-state index contributed by atoms with van der Waals surface area (Å²) in [4.78, 5) is 15.8. The summed E-state index contributed by atoms with van der Waals surface area (Å²) in [5.41, 5.74) is 1.28. The molecule has 1 aromatic carbocycles. The van der Waals surface area contributed by atoms with Crippen LogP contribution in [0.2, 0.25) is 0 Å². The van der Waals surface area contributed by atoms with Crippen LogP contribution in [0.1, 0.15) is 61.5 Å². The van der Waals surface area contributed by atoms with Crippen LogP contribution in [0.4, 0.5) is 0 Å². The molecule has 0 aliphatic heterocycles.